The molecule has 140 valence electrons. The highest BCUT2D eigenvalue weighted by atomic mass is 16.2. The molecule has 1 unspecified atom stereocenters. The molecule has 3 rings (SSSR count). The molecule has 1 aromatic rings. The SMILES string of the molecule is CCN1CCN(C(=O)CNc2cccc(C3CCC(=O)NC3=O)c2)CC1. The lowest BCUT2D eigenvalue weighted by Gasteiger charge is -2.34. The Labute approximate surface area is 153 Å². The van der Waals surface area contributed by atoms with Crippen molar-refractivity contribution in [2.24, 2.45) is 0 Å². The molecule has 0 bridgehead atoms. The van der Waals surface area contributed by atoms with E-state index in [0.29, 0.717) is 12.8 Å². The summed E-state index contributed by atoms with van der Waals surface area (Å²) in [7, 11) is 0. The first kappa shape index (κ1) is 18.4. The van der Waals surface area contributed by atoms with Crippen molar-refractivity contribution in [3.05, 3.63) is 29.8 Å². The number of nitrogens with zero attached hydrogens (tertiary/aromatic N) is 2. The lowest BCUT2D eigenvalue weighted by Crippen LogP contribution is -2.49. The van der Waals surface area contributed by atoms with Gasteiger partial charge >= 0.3 is 0 Å². The number of carbonyl (C=O) groups is 3. The van der Waals surface area contributed by atoms with E-state index in [1.165, 1.54) is 0 Å². The number of likely N-dealkylation sites (N-methyl/N-ethyl adjacent to an activating group) is 1. The molecule has 2 heterocycles. The molecule has 0 aliphatic carbocycles. The van der Waals surface area contributed by atoms with Crippen LogP contribution in [0.1, 0.15) is 31.2 Å². The summed E-state index contributed by atoms with van der Waals surface area (Å²) in [6.07, 6.45) is 0.880. The summed E-state index contributed by atoms with van der Waals surface area (Å²) >= 11 is 0. The van der Waals surface area contributed by atoms with Crippen LogP contribution in [-0.2, 0) is 14.4 Å². The van der Waals surface area contributed by atoms with E-state index in [1.54, 1.807) is 0 Å². The Morgan fingerprint density at radius 3 is 2.69 bits per heavy atom. The number of carbonyl (C=O) groups excluding carboxylic acids is 3. The van der Waals surface area contributed by atoms with Gasteiger partial charge in [-0.2, -0.15) is 0 Å². The molecule has 0 spiro atoms. The van der Waals surface area contributed by atoms with Crippen LogP contribution in [0.15, 0.2) is 24.3 Å². The molecule has 0 saturated carbocycles. The highest BCUT2D eigenvalue weighted by molar-refractivity contribution is 6.01. The van der Waals surface area contributed by atoms with Crippen LogP contribution in [0, 0.1) is 0 Å². The number of anilines is 1. The van der Waals surface area contributed by atoms with Crippen LogP contribution in [0.2, 0.25) is 0 Å². The van der Waals surface area contributed by atoms with E-state index in [9.17, 15) is 14.4 Å². The van der Waals surface area contributed by atoms with Crippen LogP contribution in [0.3, 0.4) is 0 Å². The quantitative estimate of drug-likeness (QED) is 0.761. The number of benzene rings is 1. The minimum atomic E-state index is -0.313. The van der Waals surface area contributed by atoms with Crippen LogP contribution in [0.4, 0.5) is 5.69 Å². The van der Waals surface area contributed by atoms with Gasteiger partial charge in [0.2, 0.25) is 17.7 Å². The molecule has 3 amide bonds. The van der Waals surface area contributed by atoms with Gasteiger partial charge in [0.25, 0.3) is 0 Å². The van der Waals surface area contributed by atoms with Crippen LogP contribution in [-0.4, -0.2) is 66.8 Å². The molecule has 0 aromatic heterocycles. The Morgan fingerprint density at radius 2 is 2.00 bits per heavy atom. The zero-order valence-electron chi connectivity index (χ0n) is 15.2. The summed E-state index contributed by atoms with van der Waals surface area (Å²) in [4.78, 5) is 39.9. The van der Waals surface area contributed by atoms with E-state index in [1.807, 2.05) is 29.2 Å². The second kappa shape index (κ2) is 8.31. The highest BCUT2D eigenvalue weighted by Gasteiger charge is 2.28. The van der Waals surface area contributed by atoms with Crippen molar-refractivity contribution in [1.29, 1.82) is 0 Å². The predicted molar refractivity (Wildman–Crippen MR) is 98.8 cm³/mol. The third kappa shape index (κ3) is 4.40. The van der Waals surface area contributed by atoms with E-state index in [4.69, 9.17) is 0 Å². The van der Waals surface area contributed by atoms with Gasteiger partial charge in [-0.05, 0) is 30.7 Å². The molecule has 2 aliphatic heterocycles. The van der Waals surface area contributed by atoms with Gasteiger partial charge in [-0.3, -0.25) is 19.7 Å². The van der Waals surface area contributed by atoms with Crippen LogP contribution in [0.25, 0.3) is 0 Å². The second-order valence-electron chi connectivity index (χ2n) is 6.80. The molecule has 7 heteroatoms. The first-order chi connectivity index (χ1) is 12.6. The number of rotatable bonds is 5. The molecule has 2 N–H and O–H groups in total. The summed E-state index contributed by atoms with van der Waals surface area (Å²) in [6, 6.07) is 7.53. The molecular weight excluding hydrogens is 332 g/mol. The fourth-order valence-corrected chi connectivity index (χ4v) is 3.48. The highest BCUT2D eigenvalue weighted by Crippen LogP contribution is 2.26. The largest absolute Gasteiger partial charge is 0.376 e. The minimum Gasteiger partial charge on any atom is -0.376 e. The topological polar surface area (TPSA) is 81.8 Å². The molecule has 1 aromatic carbocycles. The average Bonchev–Trinajstić information content (AvgIpc) is 2.66. The first-order valence-corrected chi connectivity index (χ1v) is 9.24. The van der Waals surface area contributed by atoms with Crippen LogP contribution in [0.5, 0.6) is 0 Å². The molecule has 0 radical (unpaired) electrons. The smallest absolute Gasteiger partial charge is 0.241 e. The number of hydrogen-bond donors (Lipinski definition) is 2. The van der Waals surface area contributed by atoms with Crippen molar-refractivity contribution in [2.75, 3.05) is 44.6 Å². The van der Waals surface area contributed by atoms with Gasteiger partial charge in [-0.25, -0.2) is 0 Å². The lowest BCUT2D eigenvalue weighted by atomic mass is 9.90. The molecule has 2 fully saturated rings. The third-order valence-corrected chi connectivity index (χ3v) is 5.14. The van der Waals surface area contributed by atoms with E-state index < -0.39 is 0 Å². The maximum Gasteiger partial charge on any atom is 0.241 e. The summed E-state index contributed by atoms with van der Waals surface area (Å²) < 4.78 is 0. The summed E-state index contributed by atoms with van der Waals surface area (Å²) in [5, 5.41) is 5.55. The normalized spacial score (nSPS) is 21.4. The fraction of sp³-hybridized carbons (Fsp3) is 0.526. The Kier molecular flexibility index (Phi) is 5.88. The number of hydrogen-bond acceptors (Lipinski definition) is 5. The van der Waals surface area contributed by atoms with Crippen LogP contribution < -0.4 is 10.6 Å². The van der Waals surface area contributed by atoms with E-state index >= 15 is 0 Å². The second-order valence-corrected chi connectivity index (χ2v) is 6.80. The molecule has 1 atom stereocenters. The van der Waals surface area contributed by atoms with Gasteiger partial charge in [0.15, 0.2) is 0 Å². The van der Waals surface area contributed by atoms with Crippen LogP contribution >= 0.6 is 0 Å². The number of piperidine rings is 1. The van der Waals surface area contributed by atoms with Crippen molar-refractivity contribution in [3.63, 3.8) is 0 Å². The summed E-state index contributed by atoms with van der Waals surface area (Å²) in [5.74, 6) is -0.683. The van der Waals surface area contributed by atoms with Crippen molar-refractivity contribution < 1.29 is 14.4 Å². The maximum atomic E-state index is 12.4. The number of imide groups is 1. The van der Waals surface area contributed by atoms with Gasteiger partial charge in [0.05, 0.1) is 12.5 Å². The van der Waals surface area contributed by atoms with Gasteiger partial charge in [-0.15, -0.1) is 0 Å². The van der Waals surface area contributed by atoms with Crippen molar-refractivity contribution in [2.45, 2.75) is 25.7 Å². The van der Waals surface area contributed by atoms with Gasteiger partial charge in [0.1, 0.15) is 0 Å². The first-order valence-electron chi connectivity index (χ1n) is 9.24. The van der Waals surface area contributed by atoms with E-state index in [-0.39, 0.29) is 30.2 Å². The van der Waals surface area contributed by atoms with Gasteiger partial charge in [-0.1, -0.05) is 19.1 Å². The van der Waals surface area contributed by atoms with Crippen molar-refractivity contribution in [1.82, 2.24) is 15.1 Å². The molecule has 7 nitrogen and oxygen atoms in total. The van der Waals surface area contributed by atoms with E-state index in [0.717, 1.165) is 44.0 Å². The maximum absolute atomic E-state index is 12.4. The minimum absolute atomic E-state index is 0.0900. The van der Waals surface area contributed by atoms with Gasteiger partial charge in [0, 0.05) is 38.3 Å². The fourth-order valence-electron chi connectivity index (χ4n) is 3.48. The predicted octanol–water partition coefficient (Wildman–Crippen LogP) is 0.783. The summed E-state index contributed by atoms with van der Waals surface area (Å²) in [5.41, 5.74) is 1.68. The van der Waals surface area contributed by atoms with Gasteiger partial charge < -0.3 is 15.1 Å². The third-order valence-electron chi connectivity index (χ3n) is 5.14. The molecule has 26 heavy (non-hydrogen) atoms. The molecular formula is C19H26N4O3. The monoisotopic (exact) mass is 358 g/mol. The Balaban J connectivity index is 1.55. The average molecular weight is 358 g/mol. The molecule has 2 aliphatic rings. The van der Waals surface area contributed by atoms with Crippen molar-refractivity contribution >= 4 is 23.4 Å². The van der Waals surface area contributed by atoms with E-state index in [2.05, 4.69) is 22.5 Å². The molecule has 2 saturated heterocycles. The number of piperazine rings is 1. The zero-order chi connectivity index (χ0) is 18.5. The number of amides is 3. The lowest BCUT2D eigenvalue weighted by molar-refractivity contribution is -0.134. The zero-order valence-corrected chi connectivity index (χ0v) is 15.2. The Morgan fingerprint density at radius 1 is 1.23 bits per heavy atom. The Hall–Kier alpha value is -2.41. The number of nitrogens with one attached hydrogen (secondary N) is 2. The summed E-state index contributed by atoms with van der Waals surface area (Å²) in [6.45, 7) is 6.78. The van der Waals surface area contributed by atoms with Crippen molar-refractivity contribution in [3.8, 4) is 0 Å². The standard InChI is InChI=1S/C19H26N4O3/c1-2-22-8-10-23(11-9-22)18(25)13-20-15-5-3-4-14(12-15)16-6-7-17(24)21-19(16)26/h3-5,12,16,20H,2,6-11,13H2,1H3,(H,21,24,26). The Bertz CT molecular complexity index is 683.